The third kappa shape index (κ3) is 2.28. The number of rotatable bonds is 3. The van der Waals surface area contributed by atoms with Gasteiger partial charge in [-0.25, -0.2) is 4.98 Å². The largest absolute Gasteiger partial charge is 0.448 e. The van der Waals surface area contributed by atoms with E-state index >= 15 is 0 Å². The van der Waals surface area contributed by atoms with E-state index in [2.05, 4.69) is 16.8 Å². The van der Waals surface area contributed by atoms with E-state index in [1.165, 1.54) is 19.2 Å². The molecule has 0 aromatic carbocycles. The zero-order valence-corrected chi connectivity index (χ0v) is 10.1. The Balaban J connectivity index is 2.05. The molecule has 1 saturated heterocycles. The fraction of sp³-hybridized carbons (Fsp3) is 0.750. The molecule has 0 amide bonds. The molecule has 16 heavy (non-hydrogen) atoms. The highest BCUT2D eigenvalue weighted by atomic mass is 16.3. The molecule has 0 spiro atoms. The number of nitrogens with two attached hydrogens (primary N) is 1. The SMILES string of the molecule is Cc1ocnc1CN1CCCC(C)C1CN. The Hall–Kier alpha value is -0.870. The molecule has 0 aliphatic carbocycles. The van der Waals surface area contributed by atoms with Gasteiger partial charge in [-0.15, -0.1) is 0 Å². The summed E-state index contributed by atoms with van der Waals surface area (Å²) in [5.74, 6) is 1.61. The van der Waals surface area contributed by atoms with Crippen LogP contribution in [0.25, 0.3) is 0 Å². The number of hydrogen-bond donors (Lipinski definition) is 1. The average molecular weight is 223 g/mol. The Morgan fingerprint density at radius 3 is 3.06 bits per heavy atom. The summed E-state index contributed by atoms with van der Waals surface area (Å²) in [6, 6.07) is 0.491. The Morgan fingerprint density at radius 2 is 2.44 bits per heavy atom. The van der Waals surface area contributed by atoms with Crippen LogP contribution < -0.4 is 5.73 Å². The molecule has 1 fully saturated rings. The highest BCUT2D eigenvalue weighted by Crippen LogP contribution is 2.24. The monoisotopic (exact) mass is 223 g/mol. The quantitative estimate of drug-likeness (QED) is 0.844. The second-order valence-electron chi connectivity index (χ2n) is 4.75. The number of nitrogens with zero attached hydrogens (tertiary/aromatic N) is 2. The number of oxazole rings is 1. The molecule has 1 aromatic rings. The molecule has 90 valence electrons. The zero-order chi connectivity index (χ0) is 11.5. The lowest BCUT2D eigenvalue weighted by Crippen LogP contribution is -2.48. The summed E-state index contributed by atoms with van der Waals surface area (Å²) in [6.45, 7) is 6.98. The van der Waals surface area contributed by atoms with Crippen LogP contribution in [0.2, 0.25) is 0 Å². The van der Waals surface area contributed by atoms with E-state index in [-0.39, 0.29) is 0 Å². The van der Waals surface area contributed by atoms with Crippen molar-refractivity contribution in [2.75, 3.05) is 13.1 Å². The van der Waals surface area contributed by atoms with Gasteiger partial charge in [-0.3, -0.25) is 4.90 Å². The van der Waals surface area contributed by atoms with E-state index in [1.54, 1.807) is 0 Å². The lowest BCUT2D eigenvalue weighted by atomic mass is 9.90. The van der Waals surface area contributed by atoms with Crippen molar-refractivity contribution in [3.63, 3.8) is 0 Å². The molecule has 2 rings (SSSR count). The Bertz CT molecular complexity index is 337. The molecular weight excluding hydrogens is 202 g/mol. The molecule has 1 aliphatic heterocycles. The van der Waals surface area contributed by atoms with Crippen LogP contribution in [-0.4, -0.2) is 29.0 Å². The van der Waals surface area contributed by atoms with Crippen molar-refractivity contribution < 1.29 is 4.42 Å². The molecular formula is C12H21N3O. The van der Waals surface area contributed by atoms with Crippen molar-refractivity contribution in [2.45, 2.75) is 39.3 Å². The predicted molar refractivity (Wildman–Crippen MR) is 62.9 cm³/mol. The second kappa shape index (κ2) is 4.97. The second-order valence-corrected chi connectivity index (χ2v) is 4.75. The molecule has 4 heteroatoms. The van der Waals surface area contributed by atoms with E-state index in [9.17, 15) is 0 Å². The molecule has 2 unspecified atom stereocenters. The molecule has 1 aliphatic rings. The molecule has 2 N–H and O–H groups in total. The topological polar surface area (TPSA) is 55.3 Å². The summed E-state index contributed by atoms with van der Waals surface area (Å²) in [4.78, 5) is 6.70. The maximum atomic E-state index is 5.87. The Morgan fingerprint density at radius 1 is 1.62 bits per heavy atom. The maximum Gasteiger partial charge on any atom is 0.181 e. The van der Waals surface area contributed by atoms with Crippen molar-refractivity contribution in [1.29, 1.82) is 0 Å². The Kier molecular flexibility index (Phi) is 3.61. The fourth-order valence-electron chi connectivity index (χ4n) is 2.58. The summed E-state index contributed by atoms with van der Waals surface area (Å²) < 4.78 is 5.23. The van der Waals surface area contributed by atoms with Gasteiger partial charge >= 0.3 is 0 Å². The highest BCUT2D eigenvalue weighted by Gasteiger charge is 2.28. The van der Waals surface area contributed by atoms with E-state index < -0.39 is 0 Å². The first-order valence-corrected chi connectivity index (χ1v) is 6.05. The lowest BCUT2D eigenvalue weighted by molar-refractivity contribution is 0.0974. The van der Waals surface area contributed by atoms with E-state index in [0.717, 1.165) is 31.1 Å². The molecule has 0 saturated carbocycles. The first kappa shape index (κ1) is 11.6. The van der Waals surface area contributed by atoms with Crippen molar-refractivity contribution >= 4 is 0 Å². The minimum absolute atomic E-state index is 0.491. The number of aromatic nitrogens is 1. The van der Waals surface area contributed by atoms with Crippen LogP contribution in [0, 0.1) is 12.8 Å². The van der Waals surface area contributed by atoms with Crippen LogP contribution in [0.15, 0.2) is 10.8 Å². The van der Waals surface area contributed by atoms with Gasteiger partial charge in [0.1, 0.15) is 5.76 Å². The lowest BCUT2D eigenvalue weighted by Gasteiger charge is -2.39. The van der Waals surface area contributed by atoms with Gasteiger partial charge in [0.25, 0.3) is 0 Å². The van der Waals surface area contributed by atoms with Gasteiger partial charge in [-0.05, 0) is 32.2 Å². The predicted octanol–water partition coefficient (Wildman–Crippen LogP) is 1.54. The van der Waals surface area contributed by atoms with Gasteiger partial charge in [-0.2, -0.15) is 0 Å². The molecule has 0 bridgehead atoms. The highest BCUT2D eigenvalue weighted by molar-refractivity contribution is 5.05. The normalized spacial score (nSPS) is 27.2. The first-order valence-electron chi connectivity index (χ1n) is 6.05. The maximum absolute atomic E-state index is 5.87. The fourth-order valence-corrected chi connectivity index (χ4v) is 2.58. The van der Waals surface area contributed by atoms with Crippen LogP contribution in [0.3, 0.4) is 0 Å². The number of likely N-dealkylation sites (tertiary alicyclic amines) is 1. The minimum atomic E-state index is 0.491. The third-order valence-electron chi connectivity index (χ3n) is 3.67. The van der Waals surface area contributed by atoms with E-state index in [0.29, 0.717) is 12.0 Å². The molecule has 2 heterocycles. The van der Waals surface area contributed by atoms with Crippen LogP contribution in [-0.2, 0) is 6.54 Å². The third-order valence-corrected chi connectivity index (χ3v) is 3.67. The number of hydrogen-bond acceptors (Lipinski definition) is 4. The molecule has 2 atom stereocenters. The summed E-state index contributed by atoms with van der Waals surface area (Å²) in [6.07, 6.45) is 4.07. The van der Waals surface area contributed by atoms with Crippen LogP contribution in [0.1, 0.15) is 31.2 Å². The van der Waals surface area contributed by atoms with E-state index in [4.69, 9.17) is 10.2 Å². The average Bonchev–Trinajstić information content (AvgIpc) is 2.65. The molecule has 4 nitrogen and oxygen atoms in total. The van der Waals surface area contributed by atoms with Gasteiger partial charge in [0, 0.05) is 19.1 Å². The van der Waals surface area contributed by atoms with E-state index in [1.807, 2.05) is 6.92 Å². The van der Waals surface area contributed by atoms with Crippen molar-refractivity contribution in [1.82, 2.24) is 9.88 Å². The van der Waals surface area contributed by atoms with Gasteiger partial charge in [0.2, 0.25) is 0 Å². The number of aryl methyl sites for hydroxylation is 1. The van der Waals surface area contributed by atoms with Crippen LogP contribution in [0.5, 0.6) is 0 Å². The minimum Gasteiger partial charge on any atom is -0.448 e. The Labute approximate surface area is 96.8 Å². The van der Waals surface area contributed by atoms with Gasteiger partial charge < -0.3 is 10.2 Å². The summed E-state index contributed by atoms with van der Waals surface area (Å²) in [5.41, 5.74) is 6.91. The van der Waals surface area contributed by atoms with Crippen LogP contribution >= 0.6 is 0 Å². The summed E-state index contributed by atoms with van der Waals surface area (Å²) >= 11 is 0. The van der Waals surface area contributed by atoms with Crippen molar-refractivity contribution in [2.24, 2.45) is 11.7 Å². The van der Waals surface area contributed by atoms with Gasteiger partial charge in [0.05, 0.1) is 5.69 Å². The van der Waals surface area contributed by atoms with Crippen LogP contribution in [0.4, 0.5) is 0 Å². The van der Waals surface area contributed by atoms with Crippen molar-refractivity contribution in [3.05, 3.63) is 17.8 Å². The summed E-state index contributed by atoms with van der Waals surface area (Å²) in [5, 5.41) is 0. The smallest absolute Gasteiger partial charge is 0.181 e. The van der Waals surface area contributed by atoms with Crippen molar-refractivity contribution in [3.8, 4) is 0 Å². The first-order chi connectivity index (χ1) is 7.72. The number of piperidine rings is 1. The van der Waals surface area contributed by atoms with Gasteiger partial charge in [-0.1, -0.05) is 6.92 Å². The summed E-state index contributed by atoms with van der Waals surface area (Å²) in [7, 11) is 0. The molecule has 1 aromatic heterocycles. The zero-order valence-electron chi connectivity index (χ0n) is 10.1. The van der Waals surface area contributed by atoms with Gasteiger partial charge in [0.15, 0.2) is 6.39 Å². The molecule has 0 radical (unpaired) electrons. The standard InChI is InChI=1S/C12H21N3O/c1-9-4-3-5-15(12(9)6-13)7-11-10(2)16-8-14-11/h8-9,12H,3-7,13H2,1-2H3.